The van der Waals surface area contributed by atoms with Crippen molar-refractivity contribution >= 4 is 23.2 Å². The first-order chi connectivity index (χ1) is 17.4. The zero-order valence-electron chi connectivity index (χ0n) is 21.2. The highest BCUT2D eigenvalue weighted by molar-refractivity contribution is 7.10. The number of aryl methyl sites for hydroxylation is 1. The summed E-state index contributed by atoms with van der Waals surface area (Å²) in [6.07, 6.45) is 1.23. The fourth-order valence-electron chi connectivity index (χ4n) is 4.14. The van der Waals surface area contributed by atoms with Crippen LogP contribution in [0.4, 0.5) is 0 Å². The average Bonchev–Trinajstić information content (AvgIpc) is 3.51. The Kier molecular flexibility index (Phi) is 8.65. The maximum Gasteiger partial charge on any atom is 0.242 e. The van der Waals surface area contributed by atoms with Gasteiger partial charge in [0, 0.05) is 18.0 Å². The van der Waals surface area contributed by atoms with E-state index in [1.54, 1.807) is 16.2 Å². The number of thiophene rings is 1. The fourth-order valence-corrected chi connectivity index (χ4v) is 5.06. The predicted molar refractivity (Wildman–Crippen MR) is 142 cm³/mol. The van der Waals surface area contributed by atoms with Gasteiger partial charge in [0.15, 0.2) is 11.5 Å². The summed E-state index contributed by atoms with van der Waals surface area (Å²) in [6.45, 7) is 8.05. The highest BCUT2D eigenvalue weighted by Gasteiger charge is 2.24. The van der Waals surface area contributed by atoms with Crippen LogP contribution in [0.25, 0.3) is 0 Å². The second kappa shape index (κ2) is 12.1. The van der Waals surface area contributed by atoms with Crippen molar-refractivity contribution in [2.75, 3.05) is 19.9 Å². The van der Waals surface area contributed by atoms with E-state index < -0.39 is 0 Å². The van der Waals surface area contributed by atoms with E-state index in [-0.39, 0.29) is 31.6 Å². The number of benzene rings is 2. The Morgan fingerprint density at radius 2 is 1.72 bits per heavy atom. The lowest BCUT2D eigenvalue weighted by Crippen LogP contribution is -2.44. The maximum absolute atomic E-state index is 13.7. The average molecular weight is 507 g/mol. The Labute approximate surface area is 217 Å². The van der Waals surface area contributed by atoms with E-state index in [2.05, 4.69) is 26.8 Å². The molecule has 2 amide bonds. The summed E-state index contributed by atoms with van der Waals surface area (Å²) in [6, 6.07) is 17.6. The molecule has 0 N–H and O–H groups in total. The van der Waals surface area contributed by atoms with Gasteiger partial charge in [0.25, 0.3) is 0 Å². The zero-order chi connectivity index (χ0) is 25.5. The Morgan fingerprint density at radius 1 is 0.944 bits per heavy atom. The summed E-state index contributed by atoms with van der Waals surface area (Å²) >= 11 is 1.65. The number of hydrogen-bond acceptors (Lipinski definition) is 5. The summed E-state index contributed by atoms with van der Waals surface area (Å²) in [5.41, 5.74) is 3.08. The molecule has 0 aliphatic carbocycles. The Morgan fingerprint density at radius 3 is 2.44 bits per heavy atom. The van der Waals surface area contributed by atoms with Gasteiger partial charge in [-0.1, -0.05) is 56.7 Å². The van der Waals surface area contributed by atoms with Crippen LogP contribution in [-0.2, 0) is 29.1 Å². The highest BCUT2D eigenvalue weighted by atomic mass is 32.1. The number of nitrogens with zero attached hydrogens (tertiary/aromatic N) is 2. The van der Waals surface area contributed by atoms with Crippen LogP contribution in [0.2, 0.25) is 0 Å². The molecule has 0 fully saturated rings. The van der Waals surface area contributed by atoms with E-state index in [9.17, 15) is 9.59 Å². The van der Waals surface area contributed by atoms with Crippen LogP contribution < -0.4 is 9.47 Å². The lowest BCUT2D eigenvalue weighted by Gasteiger charge is -2.29. The van der Waals surface area contributed by atoms with Gasteiger partial charge in [0.1, 0.15) is 0 Å². The number of ether oxygens (including phenoxy) is 2. The first kappa shape index (κ1) is 25.8. The lowest BCUT2D eigenvalue weighted by molar-refractivity contribution is -0.141. The molecule has 0 saturated heterocycles. The number of carbonyl (C=O) groups is 2. The summed E-state index contributed by atoms with van der Waals surface area (Å²) in [4.78, 5) is 31.8. The molecule has 2 aromatic carbocycles. The van der Waals surface area contributed by atoms with Gasteiger partial charge in [-0.3, -0.25) is 9.59 Å². The van der Waals surface area contributed by atoms with Gasteiger partial charge in [-0.05, 0) is 53.1 Å². The molecular weight excluding hydrogens is 472 g/mol. The van der Waals surface area contributed by atoms with Crippen LogP contribution in [0.1, 0.15) is 41.8 Å². The standard InChI is InChI=1S/C29H34N2O4S/c1-4-21(2)16-30(28(32)15-23-8-6-5-7-9-23)19-29(33)31(18-27-22(3)12-13-36-27)17-24-10-11-25-26(14-24)35-20-34-25/h5-14,21H,4,15-20H2,1-3H3. The predicted octanol–water partition coefficient (Wildman–Crippen LogP) is 5.43. The third-order valence-corrected chi connectivity index (χ3v) is 7.58. The molecule has 36 heavy (non-hydrogen) atoms. The van der Waals surface area contributed by atoms with E-state index in [1.807, 2.05) is 58.8 Å². The van der Waals surface area contributed by atoms with Gasteiger partial charge in [-0.25, -0.2) is 0 Å². The largest absolute Gasteiger partial charge is 0.454 e. The monoisotopic (exact) mass is 506 g/mol. The Balaban J connectivity index is 1.53. The van der Waals surface area contributed by atoms with E-state index in [0.29, 0.717) is 31.3 Å². The SMILES string of the molecule is CCC(C)CN(CC(=O)N(Cc1ccc2c(c1)OCO2)Cc1sccc1C)C(=O)Cc1ccccc1. The minimum absolute atomic E-state index is 0.0230. The van der Waals surface area contributed by atoms with Crippen LogP contribution in [0.15, 0.2) is 60.0 Å². The first-order valence-corrected chi connectivity index (χ1v) is 13.3. The number of carbonyl (C=O) groups excluding carboxylic acids is 2. The van der Waals surface area contributed by atoms with E-state index >= 15 is 0 Å². The summed E-state index contributed by atoms with van der Waals surface area (Å²) < 4.78 is 11.0. The molecule has 0 spiro atoms. The fraction of sp³-hybridized carbons (Fsp3) is 0.379. The molecule has 3 aromatic rings. The number of amides is 2. The normalized spacial score (nSPS) is 12.9. The highest BCUT2D eigenvalue weighted by Crippen LogP contribution is 2.33. The van der Waals surface area contributed by atoms with Crippen molar-refractivity contribution in [3.63, 3.8) is 0 Å². The first-order valence-electron chi connectivity index (χ1n) is 12.4. The summed E-state index contributed by atoms with van der Waals surface area (Å²) in [5.74, 6) is 1.63. The van der Waals surface area contributed by atoms with Gasteiger partial charge in [-0.2, -0.15) is 0 Å². The second-order valence-electron chi connectivity index (χ2n) is 9.41. The third kappa shape index (κ3) is 6.66. The van der Waals surface area contributed by atoms with Crippen LogP contribution in [0, 0.1) is 12.8 Å². The van der Waals surface area contributed by atoms with Gasteiger partial charge >= 0.3 is 0 Å². The molecule has 1 unspecified atom stereocenters. The summed E-state index contributed by atoms with van der Waals surface area (Å²) in [7, 11) is 0. The lowest BCUT2D eigenvalue weighted by atomic mass is 10.1. The number of rotatable bonds is 11. The topological polar surface area (TPSA) is 59.1 Å². The minimum atomic E-state index is -0.0646. The molecule has 1 aromatic heterocycles. The van der Waals surface area contributed by atoms with Crippen molar-refractivity contribution < 1.29 is 19.1 Å². The van der Waals surface area contributed by atoms with Crippen LogP contribution in [0.5, 0.6) is 11.5 Å². The van der Waals surface area contributed by atoms with Gasteiger partial charge < -0.3 is 19.3 Å². The number of hydrogen-bond donors (Lipinski definition) is 0. The van der Waals surface area contributed by atoms with Crippen molar-refractivity contribution in [3.8, 4) is 11.5 Å². The third-order valence-electron chi connectivity index (χ3n) is 6.57. The van der Waals surface area contributed by atoms with E-state index in [4.69, 9.17) is 9.47 Å². The minimum Gasteiger partial charge on any atom is -0.454 e. The molecule has 4 rings (SSSR count). The van der Waals surface area contributed by atoms with Gasteiger partial charge in [0.05, 0.1) is 19.5 Å². The van der Waals surface area contributed by atoms with Crippen molar-refractivity contribution in [1.82, 2.24) is 9.80 Å². The van der Waals surface area contributed by atoms with Crippen molar-refractivity contribution in [1.29, 1.82) is 0 Å². The Hall–Kier alpha value is -3.32. The quantitative estimate of drug-likeness (QED) is 0.348. The molecule has 1 aliphatic rings. The molecule has 2 heterocycles. The molecule has 7 heteroatoms. The van der Waals surface area contributed by atoms with Crippen molar-refractivity contribution in [3.05, 3.63) is 81.5 Å². The Bertz CT molecular complexity index is 1180. The van der Waals surface area contributed by atoms with Crippen LogP contribution >= 0.6 is 11.3 Å². The van der Waals surface area contributed by atoms with Crippen LogP contribution in [-0.4, -0.2) is 41.5 Å². The van der Waals surface area contributed by atoms with Gasteiger partial charge in [-0.15, -0.1) is 11.3 Å². The molecule has 0 saturated carbocycles. The molecule has 1 aliphatic heterocycles. The molecule has 190 valence electrons. The molecule has 6 nitrogen and oxygen atoms in total. The van der Waals surface area contributed by atoms with Gasteiger partial charge in [0.2, 0.25) is 18.6 Å². The second-order valence-corrected chi connectivity index (χ2v) is 10.4. The van der Waals surface area contributed by atoms with E-state index in [1.165, 1.54) is 5.56 Å². The van der Waals surface area contributed by atoms with Crippen LogP contribution in [0.3, 0.4) is 0 Å². The molecule has 0 bridgehead atoms. The van der Waals surface area contributed by atoms with Crippen molar-refractivity contribution in [2.24, 2.45) is 5.92 Å². The van der Waals surface area contributed by atoms with Crippen molar-refractivity contribution in [2.45, 2.75) is 46.7 Å². The smallest absolute Gasteiger partial charge is 0.242 e. The maximum atomic E-state index is 13.7. The molecular formula is C29H34N2O4S. The van der Waals surface area contributed by atoms with E-state index in [0.717, 1.165) is 28.2 Å². The summed E-state index contributed by atoms with van der Waals surface area (Å²) in [5, 5.41) is 2.05. The number of fused-ring (bicyclic) bond motifs is 1. The molecule has 1 atom stereocenters. The molecule has 0 radical (unpaired) electrons. The zero-order valence-corrected chi connectivity index (χ0v) is 22.1.